The van der Waals surface area contributed by atoms with Gasteiger partial charge in [0.05, 0.1) is 11.5 Å². The Morgan fingerprint density at radius 3 is 2.54 bits per heavy atom. The Hall–Kier alpha value is -2.39. The third kappa shape index (κ3) is 3.51. The predicted molar refractivity (Wildman–Crippen MR) is 108 cm³/mol. The fourth-order valence-electron chi connectivity index (χ4n) is 3.56. The first-order chi connectivity index (χ1) is 13.3. The lowest BCUT2D eigenvalue weighted by atomic mass is 10.2. The number of hydrogen-bond acceptors (Lipinski definition) is 7. The Morgan fingerprint density at radius 2 is 1.82 bits per heavy atom. The predicted octanol–water partition coefficient (Wildman–Crippen LogP) is 1.30. The molecule has 150 valence electrons. The van der Waals surface area contributed by atoms with E-state index in [4.69, 9.17) is 4.74 Å². The SMILES string of the molecule is Cc1nc(N(C)C)cc(N2CCN(S(=O)(=O)c3ccc4c(c3)CCO4)CC2)n1. The van der Waals surface area contributed by atoms with Gasteiger partial charge in [-0.2, -0.15) is 4.31 Å². The minimum absolute atomic E-state index is 0.345. The lowest BCUT2D eigenvalue weighted by Gasteiger charge is -2.35. The van der Waals surface area contributed by atoms with Crippen molar-refractivity contribution in [2.45, 2.75) is 18.2 Å². The van der Waals surface area contributed by atoms with Crippen LogP contribution in [0.4, 0.5) is 11.6 Å². The highest BCUT2D eigenvalue weighted by molar-refractivity contribution is 7.89. The van der Waals surface area contributed by atoms with Crippen molar-refractivity contribution in [3.8, 4) is 5.75 Å². The van der Waals surface area contributed by atoms with Crippen molar-refractivity contribution in [3.63, 3.8) is 0 Å². The van der Waals surface area contributed by atoms with Crippen LogP contribution in [-0.4, -0.2) is 69.6 Å². The second kappa shape index (κ2) is 7.21. The van der Waals surface area contributed by atoms with Crippen molar-refractivity contribution in [2.24, 2.45) is 0 Å². The van der Waals surface area contributed by atoms with E-state index >= 15 is 0 Å². The van der Waals surface area contributed by atoms with Crippen LogP contribution in [-0.2, 0) is 16.4 Å². The zero-order chi connectivity index (χ0) is 19.9. The van der Waals surface area contributed by atoms with E-state index in [9.17, 15) is 8.42 Å². The van der Waals surface area contributed by atoms with Crippen LogP contribution < -0.4 is 14.5 Å². The highest BCUT2D eigenvalue weighted by Crippen LogP contribution is 2.29. The van der Waals surface area contributed by atoms with Crippen molar-refractivity contribution in [2.75, 3.05) is 56.7 Å². The van der Waals surface area contributed by atoms with Gasteiger partial charge in [0.15, 0.2) is 0 Å². The van der Waals surface area contributed by atoms with Crippen LogP contribution in [0.3, 0.4) is 0 Å². The molecule has 9 heteroatoms. The molecule has 1 fully saturated rings. The first-order valence-corrected chi connectivity index (χ1v) is 10.8. The van der Waals surface area contributed by atoms with Crippen LogP contribution in [0.5, 0.6) is 5.75 Å². The standard InChI is InChI=1S/C19H25N5O3S/c1-14-20-18(22(2)3)13-19(21-14)23-7-9-24(10-8-23)28(25,26)16-4-5-17-15(12-16)6-11-27-17/h4-5,12-13H,6-11H2,1-3H3. The largest absolute Gasteiger partial charge is 0.493 e. The molecule has 0 amide bonds. The maximum Gasteiger partial charge on any atom is 0.243 e. The summed E-state index contributed by atoms with van der Waals surface area (Å²) < 4.78 is 33.2. The van der Waals surface area contributed by atoms with Gasteiger partial charge in [-0.05, 0) is 30.7 Å². The quantitative estimate of drug-likeness (QED) is 0.761. The van der Waals surface area contributed by atoms with Crippen molar-refractivity contribution in [3.05, 3.63) is 35.7 Å². The Bertz CT molecular complexity index is 985. The van der Waals surface area contributed by atoms with E-state index in [1.807, 2.05) is 32.0 Å². The van der Waals surface area contributed by atoms with E-state index in [-0.39, 0.29) is 0 Å². The molecule has 28 heavy (non-hydrogen) atoms. The second-order valence-corrected chi connectivity index (χ2v) is 9.22. The number of aryl methyl sites for hydroxylation is 1. The number of aromatic nitrogens is 2. The number of anilines is 2. The number of sulfonamides is 1. The van der Waals surface area contributed by atoms with Gasteiger partial charge in [-0.3, -0.25) is 0 Å². The van der Waals surface area contributed by atoms with Gasteiger partial charge in [0.25, 0.3) is 0 Å². The molecule has 3 heterocycles. The maximum absolute atomic E-state index is 13.1. The van der Waals surface area contributed by atoms with Crippen LogP contribution in [0.2, 0.25) is 0 Å². The zero-order valence-electron chi connectivity index (χ0n) is 16.4. The molecular weight excluding hydrogens is 378 g/mol. The Labute approximate surface area is 165 Å². The molecule has 4 rings (SSSR count). The smallest absolute Gasteiger partial charge is 0.243 e. The van der Waals surface area contributed by atoms with Crippen LogP contribution in [0.15, 0.2) is 29.2 Å². The molecule has 0 unspecified atom stereocenters. The van der Waals surface area contributed by atoms with Gasteiger partial charge < -0.3 is 14.5 Å². The minimum atomic E-state index is -3.51. The Kier molecular flexibility index (Phi) is 4.88. The Morgan fingerprint density at radius 1 is 1.07 bits per heavy atom. The van der Waals surface area contributed by atoms with Gasteiger partial charge in [-0.1, -0.05) is 0 Å². The molecule has 1 aromatic carbocycles. The Balaban J connectivity index is 1.49. The molecule has 8 nitrogen and oxygen atoms in total. The number of rotatable bonds is 4. The topological polar surface area (TPSA) is 78.9 Å². The number of benzene rings is 1. The van der Waals surface area contributed by atoms with Gasteiger partial charge in [0.1, 0.15) is 23.2 Å². The summed E-state index contributed by atoms with van der Waals surface area (Å²) in [5.41, 5.74) is 0.965. The van der Waals surface area contributed by atoms with Gasteiger partial charge >= 0.3 is 0 Å². The highest BCUT2D eigenvalue weighted by atomic mass is 32.2. The molecule has 0 spiro atoms. The fraction of sp³-hybridized carbons (Fsp3) is 0.474. The molecule has 0 bridgehead atoms. The van der Waals surface area contributed by atoms with E-state index in [0.29, 0.717) is 43.5 Å². The zero-order valence-corrected chi connectivity index (χ0v) is 17.2. The average Bonchev–Trinajstić information content (AvgIpc) is 3.15. The van der Waals surface area contributed by atoms with E-state index in [1.165, 1.54) is 0 Å². The van der Waals surface area contributed by atoms with Gasteiger partial charge in [0, 0.05) is 52.8 Å². The summed E-state index contributed by atoms with van der Waals surface area (Å²) in [6.07, 6.45) is 0.758. The third-order valence-corrected chi connectivity index (χ3v) is 7.03. The molecule has 0 aliphatic carbocycles. The molecule has 0 saturated carbocycles. The molecular formula is C19H25N5O3S. The highest BCUT2D eigenvalue weighted by Gasteiger charge is 2.30. The molecule has 0 radical (unpaired) electrons. The van der Waals surface area contributed by atoms with Crippen LogP contribution >= 0.6 is 0 Å². The second-order valence-electron chi connectivity index (χ2n) is 7.29. The van der Waals surface area contributed by atoms with Crippen molar-refractivity contribution < 1.29 is 13.2 Å². The number of piperazine rings is 1. The minimum Gasteiger partial charge on any atom is -0.493 e. The lowest BCUT2D eigenvalue weighted by molar-refractivity contribution is 0.356. The number of nitrogens with zero attached hydrogens (tertiary/aromatic N) is 5. The van der Waals surface area contributed by atoms with Crippen molar-refractivity contribution in [1.82, 2.24) is 14.3 Å². The van der Waals surface area contributed by atoms with Crippen LogP contribution in [0.1, 0.15) is 11.4 Å². The molecule has 2 aromatic rings. The molecule has 1 saturated heterocycles. The van der Waals surface area contributed by atoms with Gasteiger partial charge in [0.2, 0.25) is 10.0 Å². The van der Waals surface area contributed by atoms with E-state index in [1.54, 1.807) is 22.5 Å². The first kappa shape index (κ1) is 18.9. The summed E-state index contributed by atoms with van der Waals surface area (Å²) >= 11 is 0. The number of fused-ring (bicyclic) bond motifs is 1. The summed E-state index contributed by atoms with van der Waals surface area (Å²) in [7, 11) is 0.375. The average molecular weight is 404 g/mol. The third-order valence-electron chi connectivity index (χ3n) is 5.13. The number of ether oxygens (including phenoxy) is 1. The summed E-state index contributed by atoms with van der Waals surface area (Å²) in [6, 6.07) is 7.10. The molecule has 0 N–H and O–H groups in total. The van der Waals surface area contributed by atoms with E-state index in [0.717, 1.165) is 29.4 Å². The summed E-state index contributed by atoms with van der Waals surface area (Å²) in [5.74, 6) is 3.18. The van der Waals surface area contributed by atoms with Crippen LogP contribution in [0.25, 0.3) is 0 Å². The monoisotopic (exact) mass is 403 g/mol. The summed E-state index contributed by atoms with van der Waals surface area (Å²) in [4.78, 5) is 13.4. The van der Waals surface area contributed by atoms with E-state index < -0.39 is 10.0 Å². The summed E-state index contributed by atoms with van der Waals surface area (Å²) in [5, 5.41) is 0. The molecule has 0 atom stereocenters. The van der Waals surface area contributed by atoms with Gasteiger partial charge in [-0.25, -0.2) is 18.4 Å². The van der Waals surface area contributed by atoms with E-state index in [2.05, 4.69) is 14.9 Å². The van der Waals surface area contributed by atoms with Crippen molar-refractivity contribution in [1.29, 1.82) is 0 Å². The maximum atomic E-state index is 13.1. The fourth-order valence-corrected chi connectivity index (χ4v) is 5.03. The normalized spacial score (nSPS) is 17.3. The molecule has 2 aliphatic rings. The van der Waals surface area contributed by atoms with Crippen LogP contribution in [0, 0.1) is 6.92 Å². The first-order valence-electron chi connectivity index (χ1n) is 9.38. The number of hydrogen-bond donors (Lipinski definition) is 0. The van der Waals surface area contributed by atoms with Crippen molar-refractivity contribution >= 4 is 21.7 Å². The van der Waals surface area contributed by atoms with Gasteiger partial charge in [-0.15, -0.1) is 0 Å². The molecule has 1 aromatic heterocycles. The molecule has 2 aliphatic heterocycles. The lowest BCUT2D eigenvalue weighted by Crippen LogP contribution is -2.49. The summed E-state index contributed by atoms with van der Waals surface area (Å²) in [6.45, 7) is 4.53.